The molecule has 7 heterocycles. The zero-order valence-electron chi connectivity index (χ0n) is 24.2. The first-order valence-corrected chi connectivity index (χ1v) is 14.5. The number of rotatable bonds is 8. The predicted molar refractivity (Wildman–Crippen MR) is 156 cm³/mol. The fraction of sp³-hybridized carbons (Fsp3) is 0.400. The summed E-state index contributed by atoms with van der Waals surface area (Å²) >= 11 is 0. The maximum absolute atomic E-state index is 13.8. The number of aliphatic carboxylic acids is 1. The van der Waals surface area contributed by atoms with Crippen molar-refractivity contribution >= 4 is 17.6 Å². The summed E-state index contributed by atoms with van der Waals surface area (Å²) < 4.78 is 45.7. The number of morpholine rings is 1. The number of pyridine rings is 2. The Morgan fingerprint density at radius 1 is 1.16 bits per heavy atom. The first-order valence-electron chi connectivity index (χ1n) is 14.5. The summed E-state index contributed by atoms with van der Waals surface area (Å²) in [6.07, 6.45) is 3.14. The van der Waals surface area contributed by atoms with Gasteiger partial charge in [0.2, 0.25) is 17.7 Å². The molecule has 234 valence electrons. The number of halogens is 2. The molecule has 4 aromatic rings. The van der Waals surface area contributed by atoms with Gasteiger partial charge < -0.3 is 34.1 Å². The van der Waals surface area contributed by atoms with Crippen LogP contribution in [0.4, 0.5) is 20.4 Å². The van der Waals surface area contributed by atoms with Gasteiger partial charge in [-0.25, -0.2) is 23.5 Å². The van der Waals surface area contributed by atoms with E-state index in [1.165, 1.54) is 4.90 Å². The molecular formula is C30H30F2N8O5. The molecule has 0 saturated carbocycles. The van der Waals surface area contributed by atoms with Gasteiger partial charge in [0.15, 0.2) is 5.82 Å². The molecule has 4 aromatic heterocycles. The number of hydrogen-bond donors (Lipinski definition) is 2. The number of aromatic nitrogens is 6. The molecule has 3 aliphatic rings. The third-order valence-electron chi connectivity index (χ3n) is 8.54. The maximum atomic E-state index is 13.8. The minimum absolute atomic E-state index is 0.0149. The normalized spacial score (nSPS) is 22.5. The zero-order chi connectivity index (χ0) is 31.1. The van der Waals surface area contributed by atoms with Crippen molar-refractivity contribution in [2.45, 2.75) is 43.6 Å². The van der Waals surface area contributed by atoms with Crippen LogP contribution in [0.25, 0.3) is 22.6 Å². The highest BCUT2D eigenvalue weighted by molar-refractivity contribution is 5.78. The summed E-state index contributed by atoms with van der Waals surface area (Å²) in [4.78, 5) is 40.0. The fourth-order valence-electron chi connectivity index (χ4n) is 6.02. The van der Waals surface area contributed by atoms with Crippen molar-refractivity contribution in [1.29, 1.82) is 0 Å². The Labute approximate surface area is 256 Å². The standard InChI is InChI=1S/C30H30F2N8O5/c1-17-30(15-43-16-30)44-9-8-39(17)22-10-19(18-4-2-6-33-12-18)13-35-27(22)45-20-11-23(28(41)42)40(14-20)29-37-25(21-5-3-7-34-21)36-26(38-29)24(31)32/h2-7,10,12-13,17,20,23-24,34H,8-9,11,14-16H2,1H3,(H,41,42)/t17-,20-,23-/m0/s1. The van der Waals surface area contributed by atoms with Crippen molar-refractivity contribution in [3.63, 3.8) is 0 Å². The van der Waals surface area contributed by atoms with Crippen LogP contribution in [0.15, 0.2) is 55.1 Å². The first-order chi connectivity index (χ1) is 21.8. The van der Waals surface area contributed by atoms with Gasteiger partial charge >= 0.3 is 5.97 Å². The van der Waals surface area contributed by atoms with E-state index in [0.29, 0.717) is 37.9 Å². The monoisotopic (exact) mass is 620 g/mol. The molecule has 0 radical (unpaired) electrons. The van der Waals surface area contributed by atoms with Crippen LogP contribution < -0.4 is 14.5 Å². The smallest absolute Gasteiger partial charge is 0.326 e. The summed E-state index contributed by atoms with van der Waals surface area (Å²) in [7, 11) is 0. The van der Waals surface area contributed by atoms with E-state index < -0.39 is 36.0 Å². The van der Waals surface area contributed by atoms with Gasteiger partial charge in [0, 0.05) is 48.9 Å². The summed E-state index contributed by atoms with van der Waals surface area (Å²) in [6.45, 7) is 4.11. The molecule has 2 N–H and O–H groups in total. The van der Waals surface area contributed by atoms with Crippen LogP contribution in [0.2, 0.25) is 0 Å². The average molecular weight is 621 g/mol. The highest BCUT2D eigenvalue weighted by Crippen LogP contribution is 2.40. The van der Waals surface area contributed by atoms with E-state index in [9.17, 15) is 18.7 Å². The van der Waals surface area contributed by atoms with Gasteiger partial charge in [0.1, 0.15) is 23.4 Å². The number of nitrogens with zero attached hydrogens (tertiary/aromatic N) is 7. The van der Waals surface area contributed by atoms with Crippen molar-refractivity contribution in [2.75, 3.05) is 42.7 Å². The minimum atomic E-state index is -2.98. The molecule has 3 atom stereocenters. The first kappa shape index (κ1) is 29.0. The van der Waals surface area contributed by atoms with Gasteiger partial charge in [0.05, 0.1) is 38.1 Å². The number of alkyl halides is 2. The number of carboxylic acids is 1. The molecule has 0 aliphatic carbocycles. The van der Waals surface area contributed by atoms with Gasteiger partial charge in [0.25, 0.3) is 6.43 Å². The van der Waals surface area contributed by atoms with Crippen LogP contribution in [0.5, 0.6) is 5.88 Å². The Balaban J connectivity index is 1.22. The maximum Gasteiger partial charge on any atom is 0.326 e. The van der Waals surface area contributed by atoms with Crippen molar-refractivity contribution < 1.29 is 32.9 Å². The van der Waals surface area contributed by atoms with E-state index in [1.807, 2.05) is 18.2 Å². The molecule has 0 amide bonds. The number of hydrogen-bond acceptors (Lipinski definition) is 11. The highest BCUT2D eigenvalue weighted by atomic mass is 19.3. The van der Waals surface area contributed by atoms with Gasteiger partial charge in [-0.2, -0.15) is 9.97 Å². The van der Waals surface area contributed by atoms with Crippen molar-refractivity contribution in [3.8, 4) is 28.5 Å². The third-order valence-corrected chi connectivity index (χ3v) is 8.54. The lowest BCUT2D eigenvalue weighted by Gasteiger charge is -2.53. The van der Waals surface area contributed by atoms with Gasteiger partial charge in [-0.05, 0) is 31.2 Å². The summed E-state index contributed by atoms with van der Waals surface area (Å²) in [5.74, 6) is -1.77. The van der Waals surface area contributed by atoms with Gasteiger partial charge in [-0.1, -0.05) is 6.07 Å². The predicted octanol–water partition coefficient (Wildman–Crippen LogP) is 3.37. The van der Waals surface area contributed by atoms with Crippen molar-refractivity contribution in [1.82, 2.24) is 29.9 Å². The molecule has 0 unspecified atom stereocenters. The number of anilines is 2. The van der Waals surface area contributed by atoms with E-state index in [1.54, 1.807) is 36.9 Å². The van der Waals surface area contributed by atoms with Crippen molar-refractivity contribution in [3.05, 3.63) is 60.9 Å². The van der Waals surface area contributed by atoms with E-state index in [0.717, 1.165) is 16.8 Å². The van der Waals surface area contributed by atoms with E-state index >= 15 is 0 Å². The zero-order valence-corrected chi connectivity index (χ0v) is 24.2. The largest absolute Gasteiger partial charge is 0.480 e. The second-order valence-electron chi connectivity index (χ2n) is 11.2. The van der Waals surface area contributed by atoms with E-state index in [-0.39, 0.29) is 30.8 Å². The highest BCUT2D eigenvalue weighted by Gasteiger charge is 2.50. The number of aromatic amines is 1. The molecule has 3 fully saturated rings. The lowest BCUT2D eigenvalue weighted by Crippen LogP contribution is -2.68. The van der Waals surface area contributed by atoms with E-state index in [2.05, 4.69) is 36.7 Å². The van der Waals surface area contributed by atoms with Crippen LogP contribution >= 0.6 is 0 Å². The topological polar surface area (TPSA) is 152 Å². The van der Waals surface area contributed by atoms with Crippen molar-refractivity contribution in [2.24, 2.45) is 0 Å². The number of carboxylic acid groups (broad SMARTS) is 1. The van der Waals surface area contributed by atoms with Crippen LogP contribution in [-0.4, -0.2) is 97.7 Å². The van der Waals surface area contributed by atoms with Crippen LogP contribution in [0.1, 0.15) is 25.6 Å². The Hall–Kier alpha value is -4.76. The number of carbonyl (C=O) groups is 1. The van der Waals surface area contributed by atoms with Crippen LogP contribution in [0, 0.1) is 0 Å². The third kappa shape index (κ3) is 5.42. The second kappa shape index (κ2) is 11.6. The summed E-state index contributed by atoms with van der Waals surface area (Å²) in [5, 5.41) is 10.1. The SMILES string of the molecule is C[C@@H]1N(c2cc(-c3cccnc3)cnc2O[C@H]2C[C@@H](C(=O)O)N(c3nc(-c4ccc[nH]4)nc(C(F)F)n3)C2)CCOC12COC2. The van der Waals surface area contributed by atoms with Crippen LogP contribution in [0.3, 0.4) is 0 Å². The average Bonchev–Trinajstić information content (AvgIpc) is 3.72. The molecule has 45 heavy (non-hydrogen) atoms. The second-order valence-corrected chi connectivity index (χ2v) is 11.2. The molecule has 3 aliphatic heterocycles. The fourth-order valence-corrected chi connectivity index (χ4v) is 6.02. The van der Waals surface area contributed by atoms with Gasteiger partial charge in [-0.3, -0.25) is 4.98 Å². The Morgan fingerprint density at radius 2 is 2.02 bits per heavy atom. The number of ether oxygens (including phenoxy) is 3. The molecule has 13 nitrogen and oxygen atoms in total. The Morgan fingerprint density at radius 3 is 2.71 bits per heavy atom. The molecule has 15 heteroatoms. The number of nitrogens with one attached hydrogen (secondary N) is 1. The van der Waals surface area contributed by atoms with E-state index in [4.69, 9.17) is 19.2 Å². The number of H-pyrrole nitrogens is 1. The Bertz CT molecular complexity index is 1670. The summed E-state index contributed by atoms with van der Waals surface area (Å²) in [5.41, 5.74) is 2.38. The lowest BCUT2D eigenvalue weighted by atomic mass is 9.90. The quantitative estimate of drug-likeness (QED) is 0.297. The molecular weight excluding hydrogens is 590 g/mol. The lowest BCUT2D eigenvalue weighted by molar-refractivity contribution is -0.228. The van der Waals surface area contributed by atoms with Crippen LogP contribution in [-0.2, 0) is 14.3 Å². The molecule has 7 rings (SSSR count). The molecule has 1 spiro atoms. The summed E-state index contributed by atoms with van der Waals surface area (Å²) in [6, 6.07) is 7.89. The molecule has 3 saturated heterocycles. The molecule has 0 bridgehead atoms. The Kier molecular flexibility index (Phi) is 7.49. The minimum Gasteiger partial charge on any atom is -0.480 e. The molecule has 0 aromatic carbocycles. The van der Waals surface area contributed by atoms with Gasteiger partial charge in [-0.15, -0.1) is 0 Å².